The second-order valence-corrected chi connectivity index (χ2v) is 5.01. The molecule has 0 aliphatic carbocycles. The van der Waals surface area contributed by atoms with Crippen LogP contribution in [0.2, 0.25) is 0 Å². The van der Waals surface area contributed by atoms with Crippen molar-refractivity contribution >= 4 is 12.4 Å². The van der Waals surface area contributed by atoms with Crippen LogP contribution in [0, 0.1) is 0 Å². The number of hydrogen-bond acceptors (Lipinski definition) is 3. The Morgan fingerprint density at radius 1 is 1.00 bits per heavy atom. The second-order valence-electron chi connectivity index (χ2n) is 5.01. The van der Waals surface area contributed by atoms with Crippen LogP contribution in [0.25, 0.3) is 0 Å². The molecule has 0 heterocycles. The molecule has 4 heteroatoms. The highest BCUT2D eigenvalue weighted by Gasteiger charge is 2.04. The van der Waals surface area contributed by atoms with Crippen molar-refractivity contribution in [3.8, 4) is 11.5 Å². The Bertz CT molecular complexity index is 372. The normalized spacial score (nSPS) is 10.0. The van der Waals surface area contributed by atoms with Gasteiger partial charge in [-0.05, 0) is 37.6 Å². The van der Waals surface area contributed by atoms with Crippen LogP contribution in [0.1, 0.15) is 51.5 Å². The molecule has 0 unspecified atom stereocenters. The summed E-state index contributed by atoms with van der Waals surface area (Å²) < 4.78 is 10.9. The number of halogens is 1. The van der Waals surface area contributed by atoms with Gasteiger partial charge in [-0.1, -0.05) is 38.7 Å². The fraction of sp³-hybridized carbons (Fsp3) is 0.647. The van der Waals surface area contributed by atoms with Gasteiger partial charge in [-0.3, -0.25) is 0 Å². The maximum atomic E-state index is 5.52. The number of unbranched alkanes of at least 4 members (excludes halogenated alkanes) is 4. The van der Waals surface area contributed by atoms with Gasteiger partial charge in [0.1, 0.15) is 0 Å². The van der Waals surface area contributed by atoms with Crippen LogP contribution in [-0.4, -0.2) is 20.3 Å². The lowest BCUT2D eigenvalue weighted by Gasteiger charge is -2.11. The Labute approximate surface area is 135 Å². The van der Waals surface area contributed by atoms with Crippen molar-refractivity contribution in [2.75, 3.05) is 20.3 Å². The molecule has 3 nitrogen and oxygen atoms in total. The molecule has 1 aromatic rings. The largest absolute Gasteiger partial charge is 0.493 e. The van der Waals surface area contributed by atoms with E-state index in [0.29, 0.717) is 6.61 Å². The molecular formula is C17H30ClNO2. The molecule has 1 aromatic carbocycles. The minimum atomic E-state index is 0. The zero-order valence-electron chi connectivity index (χ0n) is 13.6. The molecule has 0 fully saturated rings. The molecule has 21 heavy (non-hydrogen) atoms. The summed E-state index contributed by atoms with van der Waals surface area (Å²) >= 11 is 0. The summed E-state index contributed by atoms with van der Waals surface area (Å²) in [5.41, 5.74) is 1.24. The Morgan fingerprint density at radius 3 is 2.43 bits per heavy atom. The topological polar surface area (TPSA) is 30.5 Å². The molecule has 0 atom stereocenters. The first-order chi connectivity index (χ1) is 9.81. The number of nitrogens with one attached hydrogen (secondary N) is 1. The minimum Gasteiger partial charge on any atom is -0.493 e. The summed E-state index contributed by atoms with van der Waals surface area (Å²) in [7, 11) is 1.68. The molecule has 0 amide bonds. The average Bonchev–Trinajstić information content (AvgIpc) is 2.48. The Morgan fingerprint density at radius 2 is 1.76 bits per heavy atom. The van der Waals surface area contributed by atoms with E-state index in [4.69, 9.17) is 9.47 Å². The van der Waals surface area contributed by atoms with Crippen LogP contribution in [-0.2, 0) is 6.54 Å². The third-order valence-corrected chi connectivity index (χ3v) is 3.31. The smallest absolute Gasteiger partial charge is 0.161 e. The second kappa shape index (κ2) is 12.8. The monoisotopic (exact) mass is 315 g/mol. The quantitative estimate of drug-likeness (QED) is 0.606. The third kappa shape index (κ3) is 8.18. The van der Waals surface area contributed by atoms with Crippen molar-refractivity contribution in [2.24, 2.45) is 0 Å². The van der Waals surface area contributed by atoms with Crippen LogP contribution in [0.3, 0.4) is 0 Å². The van der Waals surface area contributed by atoms with Gasteiger partial charge >= 0.3 is 0 Å². The van der Waals surface area contributed by atoms with Crippen LogP contribution >= 0.6 is 12.4 Å². The molecule has 0 saturated heterocycles. The zero-order chi connectivity index (χ0) is 14.6. The van der Waals surface area contributed by atoms with E-state index in [9.17, 15) is 0 Å². The number of ether oxygens (including phenoxy) is 2. The van der Waals surface area contributed by atoms with E-state index in [-0.39, 0.29) is 12.4 Å². The molecule has 1 N–H and O–H groups in total. The molecule has 0 radical (unpaired) electrons. The maximum Gasteiger partial charge on any atom is 0.161 e. The molecule has 0 aliphatic heterocycles. The van der Waals surface area contributed by atoms with Crippen molar-refractivity contribution < 1.29 is 9.47 Å². The first-order valence-corrected chi connectivity index (χ1v) is 7.82. The molecule has 0 saturated carbocycles. The predicted octanol–water partition coefficient (Wildman–Crippen LogP) is 4.58. The molecule has 122 valence electrons. The van der Waals surface area contributed by atoms with Crippen LogP contribution < -0.4 is 14.8 Å². The highest BCUT2D eigenvalue weighted by Crippen LogP contribution is 2.27. The predicted molar refractivity (Wildman–Crippen MR) is 91.9 cm³/mol. The highest BCUT2D eigenvalue weighted by molar-refractivity contribution is 5.85. The summed E-state index contributed by atoms with van der Waals surface area (Å²) in [6.07, 6.45) is 6.60. The number of hydrogen-bond donors (Lipinski definition) is 1. The van der Waals surface area contributed by atoms with Crippen LogP contribution in [0.5, 0.6) is 11.5 Å². The molecule has 0 aliphatic rings. The average molecular weight is 316 g/mol. The van der Waals surface area contributed by atoms with E-state index in [1.807, 2.05) is 13.0 Å². The van der Waals surface area contributed by atoms with E-state index in [1.165, 1.54) is 37.7 Å². The van der Waals surface area contributed by atoms with Crippen LogP contribution in [0.4, 0.5) is 0 Å². The number of rotatable bonds is 11. The first-order valence-electron chi connectivity index (χ1n) is 7.82. The summed E-state index contributed by atoms with van der Waals surface area (Å²) in [6, 6.07) is 6.13. The third-order valence-electron chi connectivity index (χ3n) is 3.31. The van der Waals surface area contributed by atoms with Gasteiger partial charge in [0.05, 0.1) is 13.7 Å². The molecule has 0 aromatic heterocycles. The molecule has 1 rings (SSSR count). The van der Waals surface area contributed by atoms with Crippen molar-refractivity contribution in [2.45, 2.75) is 52.5 Å². The van der Waals surface area contributed by atoms with Gasteiger partial charge in [0.2, 0.25) is 0 Å². The van der Waals surface area contributed by atoms with Crippen molar-refractivity contribution in [3.05, 3.63) is 23.8 Å². The first kappa shape index (κ1) is 20.1. The summed E-state index contributed by atoms with van der Waals surface area (Å²) in [4.78, 5) is 0. The van der Waals surface area contributed by atoms with Gasteiger partial charge in [0.25, 0.3) is 0 Å². The van der Waals surface area contributed by atoms with E-state index in [1.54, 1.807) is 7.11 Å². The van der Waals surface area contributed by atoms with Crippen molar-refractivity contribution in [1.29, 1.82) is 0 Å². The lowest BCUT2D eigenvalue weighted by Crippen LogP contribution is -2.14. The van der Waals surface area contributed by atoms with E-state index >= 15 is 0 Å². The molecule has 0 bridgehead atoms. The Kier molecular flexibility index (Phi) is 12.2. The Hall–Kier alpha value is -0.930. The van der Waals surface area contributed by atoms with Crippen molar-refractivity contribution in [3.63, 3.8) is 0 Å². The minimum absolute atomic E-state index is 0. The zero-order valence-corrected chi connectivity index (χ0v) is 14.4. The molecule has 0 spiro atoms. The van der Waals surface area contributed by atoms with Gasteiger partial charge in [-0.25, -0.2) is 0 Å². The van der Waals surface area contributed by atoms with Gasteiger partial charge in [-0.2, -0.15) is 0 Å². The van der Waals surface area contributed by atoms with Gasteiger partial charge < -0.3 is 14.8 Å². The van der Waals surface area contributed by atoms with E-state index in [2.05, 4.69) is 24.4 Å². The lowest BCUT2D eigenvalue weighted by atomic mass is 10.1. The van der Waals surface area contributed by atoms with Gasteiger partial charge in [-0.15, -0.1) is 12.4 Å². The fourth-order valence-electron chi connectivity index (χ4n) is 2.18. The van der Waals surface area contributed by atoms with Crippen LogP contribution in [0.15, 0.2) is 18.2 Å². The summed E-state index contributed by atoms with van der Waals surface area (Å²) in [5.74, 6) is 1.63. The summed E-state index contributed by atoms with van der Waals surface area (Å²) in [6.45, 7) is 6.85. The van der Waals surface area contributed by atoms with E-state index in [0.717, 1.165) is 24.6 Å². The Balaban J connectivity index is 0.00000400. The maximum absolute atomic E-state index is 5.52. The fourth-order valence-corrected chi connectivity index (χ4v) is 2.18. The SMILES string of the molecule is CCCCCCCNCc1ccc(OCC)c(OC)c1.Cl. The van der Waals surface area contributed by atoms with Gasteiger partial charge in [0.15, 0.2) is 11.5 Å². The number of methoxy groups -OCH3 is 1. The summed E-state index contributed by atoms with van der Waals surface area (Å²) in [5, 5.41) is 3.48. The van der Waals surface area contributed by atoms with Gasteiger partial charge in [0, 0.05) is 6.54 Å². The van der Waals surface area contributed by atoms with Crippen molar-refractivity contribution in [1.82, 2.24) is 5.32 Å². The lowest BCUT2D eigenvalue weighted by molar-refractivity contribution is 0.310. The highest BCUT2D eigenvalue weighted by atomic mass is 35.5. The molecular weight excluding hydrogens is 286 g/mol. The van der Waals surface area contributed by atoms with E-state index < -0.39 is 0 Å². The standard InChI is InChI=1S/C17H29NO2.ClH/c1-4-6-7-8-9-12-18-14-15-10-11-16(20-5-2)17(13-15)19-3;/h10-11,13,18H,4-9,12,14H2,1-3H3;1H. The number of benzene rings is 1.